The van der Waals surface area contributed by atoms with Crippen LogP contribution in [0.5, 0.6) is 0 Å². The Labute approximate surface area is 101 Å². The van der Waals surface area contributed by atoms with Gasteiger partial charge in [-0.05, 0) is 9.81 Å². The molecule has 0 atom stereocenters. The highest BCUT2D eigenvalue weighted by molar-refractivity contribution is 5.02. The second kappa shape index (κ2) is 4.58. The van der Waals surface area contributed by atoms with Gasteiger partial charge in [0.15, 0.2) is 0 Å². The van der Waals surface area contributed by atoms with E-state index >= 15 is 0 Å². The molecule has 0 bridgehead atoms. The first kappa shape index (κ1) is 12.3. The second-order valence-corrected chi connectivity index (χ2v) is 3.75. The molecule has 0 aromatic carbocycles. The molecule has 2 heterocycles. The third-order valence-electron chi connectivity index (χ3n) is 2.44. The molecular weight excluding hydrogens is 246 g/mol. The van der Waals surface area contributed by atoms with Gasteiger partial charge in [-0.1, -0.05) is 0 Å². The largest absolute Gasteiger partial charge is 0.359 e. The van der Waals surface area contributed by atoms with Crippen molar-refractivity contribution in [3.63, 3.8) is 0 Å². The quantitative estimate of drug-likeness (QED) is 0.541. The van der Waals surface area contributed by atoms with Gasteiger partial charge in [-0.25, -0.2) is 0 Å². The molecule has 0 aliphatic rings. The fraction of sp³-hybridized carbons (Fsp3) is 0.500. The summed E-state index contributed by atoms with van der Waals surface area (Å²) >= 11 is 0. The van der Waals surface area contributed by atoms with Gasteiger partial charge in [0, 0.05) is 24.2 Å². The summed E-state index contributed by atoms with van der Waals surface area (Å²) in [4.78, 5) is 0.397. The van der Waals surface area contributed by atoms with Crippen LogP contribution < -0.4 is 9.81 Å². The summed E-state index contributed by atoms with van der Waals surface area (Å²) in [5, 5.41) is 39.7. The van der Waals surface area contributed by atoms with Crippen LogP contribution in [0.1, 0.15) is 22.8 Å². The molecule has 18 heavy (non-hydrogen) atoms. The zero-order chi connectivity index (χ0) is 13.3. The Morgan fingerprint density at radius 2 is 1.44 bits per heavy atom. The smallest absolute Gasteiger partial charge is 0.219 e. The maximum Gasteiger partial charge on any atom is 0.219 e. The molecule has 0 saturated heterocycles. The molecule has 0 amide bonds. The molecule has 0 radical (unpaired) electrons. The van der Waals surface area contributed by atoms with Crippen LogP contribution in [-0.2, 0) is 13.1 Å². The van der Waals surface area contributed by atoms with E-state index in [0.717, 1.165) is 5.06 Å². The number of hydrogen-bond donors (Lipinski definition) is 1. The third kappa shape index (κ3) is 2.24. The monoisotopic (exact) mass is 257 g/mol. The lowest BCUT2D eigenvalue weighted by Crippen LogP contribution is -2.36. The van der Waals surface area contributed by atoms with Crippen molar-refractivity contribution in [2.24, 2.45) is 0 Å². The van der Waals surface area contributed by atoms with Crippen molar-refractivity contribution in [1.82, 2.24) is 15.4 Å². The molecule has 10 nitrogen and oxygen atoms in total. The standard InChI is InChI=1S/C8H11N5O5/c1-5-7(12(15)17-9-5)3-11(14)4-8-6(2)10-18-13(8)16/h14H,3-4H2,1-2H3. The van der Waals surface area contributed by atoms with Crippen molar-refractivity contribution in [2.45, 2.75) is 26.9 Å². The number of hydroxylamine groups is 2. The average Bonchev–Trinajstić information content (AvgIpc) is 2.79. The third-order valence-corrected chi connectivity index (χ3v) is 2.44. The predicted octanol–water partition coefficient (Wildman–Crippen LogP) is -1.06. The molecule has 0 fully saturated rings. The molecule has 98 valence electrons. The number of aryl methyl sites for hydroxylation is 2. The summed E-state index contributed by atoms with van der Waals surface area (Å²) < 4.78 is 8.71. The van der Waals surface area contributed by atoms with Crippen LogP contribution >= 0.6 is 0 Å². The zero-order valence-corrected chi connectivity index (χ0v) is 9.73. The minimum Gasteiger partial charge on any atom is -0.359 e. The summed E-state index contributed by atoms with van der Waals surface area (Å²) in [6.45, 7) is 2.87. The Hall–Kier alpha value is -2.20. The van der Waals surface area contributed by atoms with Crippen molar-refractivity contribution < 1.29 is 24.3 Å². The molecule has 0 saturated carbocycles. The molecule has 0 unspecified atom stereocenters. The summed E-state index contributed by atoms with van der Waals surface area (Å²) in [6.07, 6.45) is 0. The predicted molar refractivity (Wildman–Crippen MR) is 51.4 cm³/mol. The summed E-state index contributed by atoms with van der Waals surface area (Å²) in [7, 11) is 0. The lowest BCUT2D eigenvalue weighted by molar-refractivity contribution is -0.811. The molecule has 0 spiro atoms. The van der Waals surface area contributed by atoms with Crippen LogP contribution in [0.3, 0.4) is 0 Å². The minimum absolute atomic E-state index is 0.135. The highest BCUT2D eigenvalue weighted by Crippen LogP contribution is 2.07. The Bertz CT molecular complexity index is 463. The van der Waals surface area contributed by atoms with Crippen LogP contribution in [-0.4, -0.2) is 20.6 Å². The first-order valence-electron chi connectivity index (χ1n) is 5.03. The maximum absolute atomic E-state index is 11.2. The topological polar surface area (TPSA) is 129 Å². The number of nitrogens with zero attached hydrogens (tertiary/aromatic N) is 5. The minimum atomic E-state index is -0.135. The van der Waals surface area contributed by atoms with Gasteiger partial charge in [-0.15, -0.1) is 0 Å². The molecule has 1 N–H and O–H groups in total. The van der Waals surface area contributed by atoms with E-state index in [9.17, 15) is 15.6 Å². The van der Waals surface area contributed by atoms with Gasteiger partial charge in [-0.3, -0.25) is 9.26 Å². The molecule has 0 aliphatic heterocycles. The van der Waals surface area contributed by atoms with Crippen LogP contribution in [0.25, 0.3) is 0 Å². The van der Waals surface area contributed by atoms with E-state index in [1.54, 1.807) is 13.8 Å². The molecule has 10 heteroatoms. The van der Waals surface area contributed by atoms with E-state index in [0.29, 0.717) is 11.4 Å². The number of hydrogen-bond acceptors (Lipinski definition) is 8. The second-order valence-electron chi connectivity index (χ2n) is 3.75. The normalized spacial score (nSPS) is 11.3. The fourth-order valence-corrected chi connectivity index (χ4v) is 1.41. The summed E-state index contributed by atoms with van der Waals surface area (Å²) in [5.74, 6) is 0. The van der Waals surface area contributed by atoms with Gasteiger partial charge < -0.3 is 15.6 Å². The summed E-state index contributed by atoms with van der Waals surface area (Å²) in [5.41, 5.74) is 1.04. The van der Waals surface area contributed by atoms with Gasteiger partial charge in [0.2, 0.25) is 22.8 Å². The molecule has 0 aliphatic carbocycles. The van der Waals surface area contributed by atoms with Crippen molar-refractivity contribution in [1.29, 1.82) is 0 Å². The number of aromatic nitrogens is 4. The van der Waals surface area contributed by atoms with E-state index in [1.165, 1.54) is 0 Å². The first-order valence-corrected chi connectivity index (χ1v) is 5.03. The van der Waals surface area contributed by atoms with Crippen LogP contribution in [0.15, 0.2) is 9.26 Å². The zero-order valence-electron chi connectivity index (χ0n) is 9.73. The lowest BCUT2D eigenvalue weighted by Gasteiger charge is -2.10. The Balaban J connectivity index is 2.08. The Kier molecular flexibility index (Phi) is 3.12. The van der Waals surface area contributed by atoms with Crippen LogP contribution in [0.4, 0.5) is 0 Å². The summed E-state index contributed by atoms with van der Waals surface area (Å²) in [6, 6.07) is 0. The molecule has 2 rings (SSSR count). The van der Waals surface area contributed by atoms with Gasteiger partial charge >= 0.3 is 0 Å². The van der Waals surface area contributed by atoms with Gasteiger partial charge in [0.05, 0.1) is 13.1 Å². The maximum atomic E-state index is 11.2. The number of rotatable bonds is 4. The molecular formula is C8H11N5O5. The average molecular weight is 257 g/mol. The van der Waals surface area contributed by atoms with E-state index in [4.69, 9.17) is 0 Å². The fourth-order valence-electron chi connectivity index (χ4n) is 1.41. The van der Waals surface area contributed by atoms with Gasteiger partial charge in [0.1, 0.15) is 0 Å². The molecule has 2 aromatic rings. The van der Waals surface area contributed by atoms with E-state index < -0.39 is 0 Å². The van der Waals surface area contributed by atoms with Gasteiger partial charge in [0.25, 0.3) is 0 Å². The highest BCUT2D eigenvalue weighted by Gasteiger charge is 2.22. The van der Waals surface area contributed by atoms with Crippen molar-refractivity contribution in [3.8, 4) is 0 Å². The van der Waals surface area contributed by atoms with E-state index in [-0.39, 0.29) is 34.3 Å². The first-order chi connectivity index (χ1) is 8.49. The van der Waals surface area contributed by atoms with E-state index in [1.807, 2.05) is 0 Å². The molecule has 2 aromatic heterocycles. The Morgan fingerprint density at radius 1 is 1.06 bits per heavy atom. The van der Waals surface area contributed by atoms with Gasteiger partial charge in [-0.2, -0.15) is 5.06 Å². The van der Waals surface area contributed by atoms with Crippen molar-refractivity contribution >= 4 is 0 Å². The lowest BCUT2D eigenvalue weighted by atomic mass is 10.3. The van der Waals surface area contributed by atoms with Crippen LogP contribution in [0.2, 0.25) is 0 Å². The Morgan fingerprint density at radius 3 is 1.72 bits per heavy atom. The highest BCUT2D eigenvalue weighted by atomic mass is 16.8. The van der Waals surface area contributed by atoms with Crippen molar-refractivity contribution in [3.05, 3.63) is 33.2 Å². The van der Waals surface area contributed by atoms with E-state index in [2.05, 4.69) is 19.6 Å². The van der Waals surface area contributed by atoms with Crippen molar-refractivity contribution in [2.75, 3.05) is 0 Å². The SMILES string of the molecule is Cc1no[n+]([O-])c1CN(O)Cc1c(C)no[n+]1[O-]. The van der Waals surface area contributed by atoms with Crippen LogP contribution in [0, 0.1) is 24.3 Å².